The fourth-order valence-electron chi connectivity index (χ4n) is 3.40. The van der Waals surface area contributed by atoms with Gasteiger partial charge in [0.15, 0.2) is 11.5 Å². The summed E-state index contributed by atoms with van der Waals surface area (Å²) < 4.78 is 11.2. The molecule has 2 rings (SSSR count). The van der Waals surface area contributed by atoms with E-state index < -0.39 is 0 Å². The Hall–Kier alpha value is -1.22. The van der Waals surface area contributed by atoms with Gasteiger partial charge in [0, 0.05) is 11.6 Å². The van der Waals surface area contributed by atoms with Crippen LogP contribution in [0, 0.1) is 6.92 Å². The number of nitrogens with one attached hydrogen (secondary N) is 1. The number of fused-ring (bicyclic) bond motifs is 1. The molecule has 1 aliphatic carbocycles. The molecular weight excluding hydrogens is 250 g/mol. The molecule has 1 N–H and O–H groups in total. The highest BCUT2D eigenvalue weighted by atomic mass is 16.5. The molecule has 1 aromatic carbocycles. The SMILES string of the molecule is CCCNC1CCC(C)c2c(C)cc(OC)c(OC)c21. The molecule has 0 fully saturated rings. The van der Waals surface area contributed by atoms with E-state index >= 15 is 0 Å². The highest BCUT2D eigenvalue weighted by Crippen LogP contribution is 2.47. The van der Waals surface area contributed by atoms with Crippen LogP contribution in [0.25, 0.3) is 0 Å². The second kappa shape index (κ2) is 6.49. The third kappa shape index (κ3) is 2.64. The average molecular weight is 277 g/mol. The molecule has 1 aliphatic rings. The van der Waals surface area contributed by atoms with Gasteiger partial charge in [-0.25, -0.2) is 0 Å². The number of rotatable bonds is 5. The summed E-state index contributed by atoms with van der Waals surface area (Å²) in [7, 11) is 3.45. The van der Waals surface area contributed by atoms with Crippen LogP contribution >= 0.6 is 0 Å². The van der Waals surface area contributed by atoms with Gasteiger partial charge in [0.1, 0.15) is 0 Å². The second-order valence-corrected chi connectivity index (χ2v) is 5.74. The topological polar surface area (TPSA) is 30.5 Å². The van der Waals surface area contributed by atoms with Gasteiger partial charge >= 0.3 is 0 Å². The number of hydrogen-bond donors (Lipinski definition) is 1. The van der Waals surface area contributed by atoms with Gasteiger partial charge in [-0.2, -0.15) is 0 Å². The van der Waals surface area contributed by atoms with E-state index in [1.807, 2.05) is 0 Å². The van der Waals surface area contributed by atoms with Crippen LogP contribution in [-0.4, -0.2) is 20.8 Å². The van der Waals surface area contributed by atoms with Gasteiger partial charge < -0.3 is 14.8 Å². The van der Waals surface area contributed by atoms with Crippen molar-refractivity contribution in [2.75, 3.05) is 20.8 Å². The Morgan fingerprint density at radius 2 is 1.95 bits per heavy atom. The van der Waals surface area contributed by atoms with Crippen molar-refractivity contribution >= 4 is 0 Å². The molecule has 0 aromatic heterocycles. The minimum absolute atomic E-state index is 0.380. The second-order valence-electron chi connectivity index (χ2n) is 5.74. The van der Waals surface area contributed by atoms with Gasteiger partial charge in [0.2, 0.25) is 0 Å². The van der Waals surface area contributed by atoms with Crippen LogP contribution < -0.4 is 14.8 Å². The Bertz CT molecular complexity index is 471. The van der Waals surface area contributed by atoms with Crippen molar-refractivity contribution in [3.63, 3.8) is 0 Å². The largest absolute Gasteiger partial charge is 0.493 e. The molecule has 0 saturated carbocycles. The van der Waals surface area contributed by atoms with Gasteiger partial charge in [0.05, 0.1) is 14.2 Å². The Morgan fingerprint density at radius 3 is 2.55 bits per heavy atom. The normalized spacial score (nSPS) is 21.4. The van der Waals surface area contributed by atoms with Gasteiger partial charge in [0.25, 0.3) is 0 Å². The summed E-state index contributed by atoms with van der Waals surface area (Å²) in [6.45, 7) is 7.73. The monoisotopic (exact) mass is 277 g/mol. The fraction of sp³-hybridized carbons (Fsp3) is 0.647. The Morgan fingerprint density at radius 1 is 1.20 bits per heavy atom. The molecule has 20 heavy (non-hydrogen) atoms. The van der Waals surface area contributed by atoms with E-state index in [-0.39, 0.29) is 0 Å². The van der Waals surface area contributed by atoms with Crippen molar-refractivity contribution in [1.29, 1.82) is 0 Å². The first-order valence-electron chi connectivity index (χ1n) is 7.62. The molecule has 2 unspecified atom stereocenters. The number of benzene rings is 1. The third-order valence-corrected chi connectivity index (χ3v) is 4.33. The van der Waals surface area contributed by atoms with E-state index in [9.17, 15) is 0 Å². The lowest BCUT2D eigenvalue weighted by Crippen LogP contribution is -2.28. The molecule has 0 saturated heterocycles. The summed E-state index contributed by atoms with van der Waals surface area (Å²) in [4.78, 5) is 0. The lowest BCUT2D eigenvalue weighted by atomic mass is 9.78. The van der Waals surface area contributed by atoms with Crippen LogP contribution in [0.5, 0.6) is 11.5 Å². The predicted molar refractivity (Wildman–Crippen MR) is 83.0 cm³/mol. The number of ether oxygens (including phenoxy) is 2. The van der Waals surface area contributed by atoms with Crippen LogP contribution in [0.15, 0.2) is 6.07 Å². The number of aryl methyl sites for hydroxylation is 1. The van der Waals surface area contributed by atoms with E-state index in [2.05, 4.69) is 32.2 Å². The first-order chi connectivity index (χ1) is 9.63. The quantitative estimate of drug-likeness (QED) is 0.884. The van der Waals surface area contributed by atoms with Crippen molar-refractivity contribution in [1.82, 2.24) is 5.32 Å². The van der Waals surface area contributed by atoms with Crippen molar-refractivity contribution in [3.05, 3.63) is 22.8 Å². The highest BCUT2D eigenvalue weighted by Gasteiger charge is 2.31. The van der Waals surface area contributed by atoms with Crippen molar-refractivity contribution in [3.8, 4) is 11.5 Å². The predicted octanol–water partition coefficient (Wildman–Crippen LogP) is 3.95. The fourth-order valence-corrected chi connectivity index (χ4v) is 3.40. The summed E-state index contributed by atoms with van der Waals surface area (Å²) in [5.41, 5.74) is 4.08. The van der Waals surface area contributed by atoms with Gasteiger partial charge in [-0.15, -0.1) is 0 Å². The summed E-state index contributed by atoms with van der Waals surface area (Å²) >= 11 is 0. The Kier molecular flexibility index (Phi) is 4.92. The van der Waals surface area contributed by atoms with E-state index in [1.54, 1.807) is 14.2 Å². The smallest absolute Gasteiger partial charge is 0.165 e. The van der Waals surface area contributed by atoms with Crippen LogP contribution in [0.1, 0.15) is 61.8 Å². The molecule has 3 heteroatoms. The molecule has 0 amide bonds. The molecule has 1 aromatic rings. The number of hydrogen-bond acceptors (Lipinski definition) is 3. The molecule has 0 bridgehead atoms. The molecular formula is C17H27NO2. The zero-order chi connectivity index (χ0) is 14.7. The Balaban J connectivity index is 2.55. The van der Waals surface area contributed by atoms with E-state index in [0.717, 1.165) is 30.9 Å². The van der Waals surface area contributed by atoms with Crippen molar-refractivity contribution in [2.24, 2.45) is 0 Å². The first-order valence-corrected chi connectivity index (χ1v) is 7.62. The van der Waals surface area contributed by atoms with Gasteiger partial charge in [-0.05, 0) is 55.8 Å². The Labute approximate surface area is 122 Å². The summed E-state index contributed by atoms with van der Waals surface area (Å²) in [5.74, 6) is 2.35. The van der Waals surface area contributed by atoms with Crippen molar-refractivity contribution in [2.45, 2.75) is 52.0 Å². The average Bonchev–Trinajstić information content (AvgIpc) is 2.45. The molecule has 3 nitrogen and oxygen atoms in total. The lowest BCUT2D eigenvalue weighted by Gasteiger charge is -2.34. The molecule has 0 radical (unpaired) electrons. The molecule has 0 spiro atoms. The third-order valence-electron chi connectivity index (χ3n) is 4.33. The van der Waals surface area contributed by atoms with Crippen LogP contribution in [-0.2, 0) is 0 Å². The standard InChI is InChI=1S/C17H27NO2/c1-6-9-18-13-8-7-11(2)15-12(3)10-14(19-4)17(20-5)16(13)15/h10-11,13,18H,6-9H2,1-5H3. The lowest BCUT2D eigenvalue weighted by molar-refractivity contribution is 0.335. The first kappa shape index (κ1) is 15.2. The maximum atomic E-state index is 5.68. The molecule has 2 atom stereocenters. The highest BCUT2D eigenvalue weighted by molar-refractivity contribution is 5.57. The maximum Gasteiger partial charge on any atom is 0.165 e. The maximum absolute atomic E-state index is 5.68. The molecule has 0 heterocycles. The van der Waals surface area contributed by atoms with Gasteiger partial charge in [-0.1, -0.05) is 13.8 Å². The summed E-state index contributed by atoms with van der Waals surface area (Å²) in [5, 5.41) is 3.67. The number of methoxy groups -OCH3 is 2. The van der Waals surface area contributed by atoms with Crippen molar-refractivity contribution < 1.29 is 9.47 Å². The van der Waals surface area contributed by atoms with Crippen LogP contribution in [0.4, 0.5) is 0 Å². The zero-order valence-electron chi connectivity index (χ0n) is 13.4. The van der Waals surface area contributed by atoms with E-state index in [1.165, 1.54) is 23.1 Å². The minimum atomic E-state index is 0.380. The zero-order valence-corrected chi connectivity index (χ0v) is 13.4. The van der Waals surface area contributed by atoms with Crippen LogP contribution in [0.2, 0.25) is 0 Å². The van der Waals surface area contributed by atoms with E-state index in [0.29, 0.717) is 12.0 Å². The molecule has 112 valence electrons. The van der Waals surface area contributed by atoms with Crippen LogP contribution in [0.3, 0.4) is 0 Å². The molecule has 0 aliphatic heterocycles. The van der Waals surface area contributed by atoms with Gasteiger partial charge in [-0.3, -0.25) is 0 Å². The summed E-state index contributed by atoms with van der Waals surface area (Å²) in [6, 6.07) is 2.49. The minimum Gasteiger partial charge on any atom is -0.493 e. The summed E-state index contributed by atoms with van der Waals surface area (Å²) in [6.07, 6.45) is 3.54. The van der Waals surface area contributed by atoms with E-state index in [4.69, 9.17) is 9.47 Å².